The number of aromatic nitrogens is 3. The Bertz CT molecular complexity index is 627. The molecule has 1 aromatic rings. The van der Waals surface area contributed by atoms with Crippen molar-refractivity contribution in [1.82, 2.24) is 25.2 Å². The number of anilines is 1. The Morgan fingerprint density at radius 3 is 1.93 bits per heavy atom. The highest BCUT2D eigenvalue weighted by atomic mass is 32.1. The van der Waals surface area contributed by atoms with E-state index in [1.165, 1.54) is 19.3 Å². The van der Waals surface area contributed by atoms with Gasteiger partial charge in [0.15, 0.2) is 5.11 Å². The molecule has 1 heterocycles. The van der Waals surface area contributed by atoms with E-state index in [4.69, 9.17) is 17.2 Å². The Balaban J connectivity index is 2.19. The molecule has 152 valence electrons. The van der Waals surface area contributed by atoms with Gasteiger partial charge in [-0.3, -0.25) is 0 Å². The molecule has 1 aliphatic rings. The van der Waals surface area contributed by atoms with Gasteiger partial charge < -0.3 is 15.5 Å². The Labute approximate surface area is 170 Å². The van der Waals surface area contributed by atoms with Gasteiger partial charge in [0.25, 0.3) is 0 Å². The van der Waals surface area contributed by atoms with Crippen LogP contribution in [0.25, 0.3) is 0 Å². The molecule has 2 rings (SSSR count). The fourth-order valence-corrected chi connectivity index (χ4v) is 3.55. The van der Waals surface area contributed by atoms with Crippen LogP contribution in [0.4, 0.5) is 5.95 Å². The van der Waals surface area contributed by atoms with Crippen LogP contribution in [0.1, 0.15) is 78.9 Å². The summed E-state index contributed by atoms with van der Waals surface area (Å²) in [6.07, 6.45) is 4.83. The molecule has 1 fully saturated rings. The van der Waals surface area contributed by atoms with Gasteiger partial charge >= 0.3 is 0 Å². The van der Waals surface area contributed by atoms with E-state index in [-0.39, 0.29) is 10.8 Å². The molecular formula is C20H36N6S. The molecule has 0 bridgehead atoms. The lowest BCUT2D eigenvalue weighted by atomic mass is 9.90. The highest BCUT2D eigenvalue weighted by Gasteiger charge is 2.28. The van der Waals surface area contributed by atoms with Gasteiger partial charge in [0, 0.05) is 22.9 Å². The van der Waals surface area contributed by atoms with Gasteiger partial charge in [-0.2, -0.15) is 9.97 Å². The van der Waals surface area contributed by atoms with E-state index in [0.717, 1.165) is 18.1 Å². The monoisotopic (exact) mass is 392 g/mol. The summed E-state index contributed by atoms with van der Waals surface area (Å²) in [5.41, 5.74) is -0.318. The maximum atomic E-state index is 5.59. The molecule has 2 unspecified atom stereocenters. The van der Waals surface area contributed by atoms with Crippen LogP contribution < -0.4 is 10.6 Å². The summed E-state index contributed by atoms with van der Waals surface area (Å²) < 4.78 is 0. The van der Waals surface area contributed by atoms with Gasteiger partial charge in [-0.05, 0) is 39.2 Å². The Morgan fingerprint density at radius 1 is 0.926 bits per heavy atom. The maximum Gasteiger partial charge on any atom is 0.232 e. The van der Waals surface area contributed by atoms with E-state index >= 15 is 0 Å². The summed E-state index contributed by atoms with van der Waals surface area (Å²) in [5.74, 6) is 2.07. The number of nitrogens with one attached hydrogen (secondary N) is 2. The molecule has 7 heteroatoms. The molecule has 1 saturated carbocycles. The molecule has 2 atom stereocenters. The first-order valence-electron chi connectivity index (χ1n) is 9.89. The van der Waals surface area contributed by atoms with Crippen LogP contribution in [0.5, 0.6) is 0 Å². The number of likely N-dealkylation sites (N-methyl/N-ethyl adjacent to an activating group) is 1. The zero-order valence-electron chi connectivity index (χ0n) is 18.2. The maximum absolute atomic E-state index is 5.59. The second-order valence-corrected chi connectivity index (χ2v) is 10.2. The van der Waals surface area contributed by atoms with Gasteiger partial charge in [0.2, 0.25) is 5.95 Å². The number of rotatable bonds is 3. The third-order valence-corrected chi connectivity index (χ3v) is 5.13. The lowest BCUT2D eigenvalue weighted by Gasteiger charge is -2.37. The SMILES string of the molecule is CN(C)C1CCCCC1NC(=S)Nc1nc(C(C)(C)C)nc(C(C)(C)C)n1. The molecule has 0 amide bonds. The van der Waals surface area contributed by atoms with Crippen molar-refractivity contribution < 1.29 is 0 Å². The Morgan fingerprint density at radius 2 is 1.44 bits per heavy atom. The predicted octanol–water partition coefficient (Wildman–Crippen LogP) is 3.63. The zero-order chi connectivity index (χ0) is 20.4. The molecule has 2 N–H and O–H groups in total. The minimum absolute atomic E-state index is 0.159. The average Bonchev–Trinajstić information content (AvgIpc) is 2.53. The first kappa shape index (κ1) is 22.0. The lowest BCUT2D eigenvalue weighted by Crippen LogP contribution is -2.52. The van der Waals surface area contributed by atoms with Crippen LogP contribution >= 0.6 is 12.2 Å². The Kier molecular flexibility index (Phi) is 6.79. The summed E-state index contributed by atoms with van der Waals surface area (Å²) >= 11 is 5.59. The van der Waals surface area contributed by atoms with Crippen molar-refractivity contribution >= 4 is 23.3 Å². The number of nitrogens with zero attached hydrogens (tertiary/aromatic N) is 4. The third kappa shape index (κ3) is 6.07. The lowest BCUT2D eigenvalue weighted by molar-refractivity contribution is 0.190. The second-order valence-electron chi connectivity index (χ2n) is 9.83. The van der Waals surface area contributed by atoms with E-state index in [1.807, 2.05) is 0 Å². The normalized spacial score (nSPS) is 21.2. The fraction of sp³-hybridized carbons (Fsp3) is 0.800. The van der Waals surface area contributed by atoms with E-state index in [2.05, 4.69) is 81.1 Å². The molecule has 0 radical (unpaired) electrons. The van der Waals surface area contributed by atoms with Crippen LogP contribution in [0, 0.1) is 0 Å². The molecule has 6 nitrogen and oxygen atoms in total. The average molecular weight is 393 g/mol. The minimum Gasteiger partial charge on any atom is -0.358 e. The van der Waals surface area contributed by atoms with Gasteiger partial charge in [-0.1, -0.05) is 54.4 Å². The van der Waals surface area contributed by atoms with Crippen molar-refractivity contribution in [2.45, 2.75) is 90.1 Å². The highest BCUT2D eigenvalue weighted by Crippen LogP contribution is 2.25. The summed E-state index contributed by atoms with van der Waals surface area (Å²) in [6.45, 7) is 12.7. The fourth-order valence-electron chi connectivity index (χ4n) is 3.31. The van der Waals surface area contributed by atoms with Crippen LogP contribution in [0.3, 0.4) is 0 Å². The van der Waals surface area contributed by atoms with Crippen LogP contribution in [-0.2, 0) is 10.8 Å². The molecule has 0 aliphatic heterocycles. The smallest absolute Gasteiger partial charge is 0.232 e. The molecule has 27 heavy (non-hydrogen) atoms. The summed E-state index contributed by atoms with van der Waals surface area (Å²) in [5, 5.41) is 7.29. The van der Waals surface area contributed by atoms with Crippen molar-refractivity contribution in [1.29, 1.82) is 0 Å². The zero-order valence-corrected chi connectivity index (χ0v) is 19.0. The van der Waals surface area contributed by atoms with Gasteiger partial charge in [0.1, 0.15) is 11.6 Å². The largest absolute Gasteiger partial charge is 0.358 e. The van der Waals surface area contributed by atoms with E-state index in [9.17, 15) is 0 Å². The van der Waals surface area contributed by atoms with Crippen molar-refractivity contribution in [2.75, 3.05) is 19.4 Å². The quantitative estimate of drug-likeness (QED) is 0.762. The first-order chi connectivity index (χ1) is 12.4. The summed E-state index contributed by atoms with van der Waals surface area (Å²) in [6, 6.07) is 0.840. The molecule has 1 aliphatic carbocycles. The van der Waals surface area contributed by atoms with Crippen LogP contribution in [0.15, 0.2) is 0 Å². The van der Waals surface area contributed by atoms with E-state index in [1.54, 1.807) is 0 Å². The first-order valence-corrected chi connectivity index (χ1v) is 10.3. The third-order valence-electron chi connectivity index (χ3n) is 4.91. The summed E-state index contributed by atoms with van der Waals surface area (Å²) in [7, 11) is 4.27. The molecule has 0 saturated heterocycles. The van der Waals surface area contributed by atoms with Crippen LogP contribution in [-0.4, -0.2) is 51.1 Å². The number of hydrogen-bond donors (Lipinski definition) is 2. The molecule has 1 aromatic heterocycles. The van der Waals surface area contributed by atoms with Crippen molar-refractivity contribution in [2.24, 2.45) is 0 Å². The van der Waals surface area contributed by atoms with Crippen molar-refractivity contribution in [3.05, 3.63) is 11.6 Å². The molecule has 0 aromatic carbocycles. The number of thiocarbonyl (C=S) groups is 1. The molecular weight excluding hydrogens is 356 g/mol. The van der Waals surface area contributed by atoms with Gasteiger partial charge in [0.05, 0.1) is 0 Å². The van der Waals surface area contributed by atoms with E-state index < -0.39 is 0 Å². The van der Waals surface area contributed by atoms with Crippen LogP contribution in [0.2, 0.25) is 0 Å². The van der Waals surface area contributed by atoms with Crippen molar-refractivity contribution in [3.8, 4) is 0 Å². The standard InChI is InChI=1S/C20H36N6S/c1-19(2,3)15-22-16(20(4,5)6)24-17(23-15)25-18(27)21-13-11-9-10-12-14(13)26(7)8/h13-14H,9-12H2,1-8H3,(H2,21,22,23,24,25,27). The molecule has 0 spiro atoms. The van der Waals surface area contributed by atoms with Gasteiger partial charge in [-0.15, -0.1) is 0 Å². The summed E-state index contributed by atoms with van der Waals surface area (Å²) in [4.78, 5) is 16.3. The van der Waals surface area contributed by atoms with E-state index in [0.29, 0.717) is 23.1 Å². The second kappa shape index (κ2) is 8.35. The predicted molar refractivity (Wildman–Crippen MR) is 116 cm³/mol. The topological polar surface area (TPSA) is 66.0 Å². The Hall–Kier alpha value is -1.34. The highest BCUT2D eigenvalue weighted by molar-refractivity contribution is 7.80. The number of hydrogen-bond acceptors (Lipinski definition) is 5. The van der Waals surface area contributed by atoms with Gasteiger partial charge in [-0.25, -0.2) is 4.98 Å². The minimum atomic E-state index is -0.159. The van der Waals surface area contributed by atoms with Crippen molar-refractivity contribution in [3.63, 3.8) is 0 Å².